The van der Waals surface area contributed by atoms with Gasteiger partial charge in [0.15, 0.2) is 0 Å². The average Bonchev–Trinajstić information content (AvgIpc) is 2.45. The van der Waals surface area contributed by atoms with Gasteiger partial charge in [-0.3, -0.25) is 4.79 Å². The first kappa shape index (κ1) is 18.9. The Bertz CT molecular complexity index is 478. The van der Waals surface area contributed by atoms with Crippen LogP contribution in [0.1, 0.15) is 45.2 Å². The van der Waals surface area contributed by atoms with Crippen molar-refractivity contribution in [3.05, 3.63) is 35.6 Å². The van der Waals surface area contributed by atoms with Gasteiger partial charge in [-0.2, -0.15) is 0 Å². The van der Waals surface area contributed by atoms with E-state index in [1.165, 1.54) is 12.1 Å². The van der Waals surface area contributed by atoms with E-state index in [0.717, 1.165) is 31.5 Å². The second kappa shape index (κ2) is 7.93. The van der Waals surface area contributed by atoms with E-state index in [9.17, 15) is 9.18 Å². The van der Waals surface area contributed by atoms with Gasteiger partial charge in [0.1, 0.15) is 5.82 Å². The summed E-state index contributed by atoms with van der Waals surface area (Å²) in [7, 11) is 0. The molecule has 3 nitrogen and oxygen atoms in total. The number of benzene rings is 1. The smallest absolute Gasteiger partial charge is 0.223 e. The van der Waals surface area contributed by atoms with E-state index in [4.69, 9.17) is 0 Å². The lowest BCUT2D eigenvalue weighted by Crippen LogP contribution is -2.43. The van der Waals surface area contributed by atoms with Crippen LogP contribution in [0, 0.1) is 17.2 Å². The van der Waals surface area contributed by atoms with Gasteiger partial charge < -0.3 is 10.6 Å². The first-order valence-corrected chi connectivity index (χ1v) is 7.64. The van der Waals surface area contributed by atoms with Crippen LogP contribution < -0.4 is 10.6 Å². The summed E-state index contributed by atoms with van der Waals surface area (Å²) in [6.45, 7) is 8.06. The molecular formula is C17H26ClFN2O. The Hall–Kier alpha value is -1.13. The van der Waals surface area contributed by atoms with Crippen LogP contribution in [0.5, 0.6) is 0 Å². The number of halogens is 2. The molecule has 1 atom stereocenters. The van der Waals surface area contributed by atoms with Crippen molar-refractivity contribution in [2.24, 2.45) is 11.3 Å². The van der Waals surface area contributed by atoms with Crippen LogP contribution in [-0.4, -0.2) is 19.0 Å². The fourth-order valence-electron chi connectivity index (χ4n) is 2.80. The second-order valence-corrected chi connectivity index (χ2v) is 6.88. The van der Waals surface area contributed by atoms with Gasteiger partial charge in [-0.15, -0.1) is 12.4 Å². The standard InChI is InChI=1S/C17H25FN2O.ClH/c1-17(2,3)15(12-4-6-14(18)7-5-12)20-16(21)13-8-10-19-11-9-13;/h4-7,13,15,19H,8-11H2,1-3H3,(H,20,21);1H. The first-order valence-electron chi connectivity index (χ1n) is 7.64. The molecule has 1 aromatic rings. The highest BCUT2D eigenvalue weighted by atomic mass is 35.5. The zero-order valence-corrected chi connectivity index (χ0v) is 14.3. The highest BCUT2D eigenvalue weighted by molar-refractivity contribution is 5.85. The summed E-state index contributed by atoms with van der Waals surface area (Å²) in [6, 6.07) is 6.30. The van der Waals surface area contributed by atoms with Gasteiger partial charge in [-0.05, 0) is 49.0 Å². The van der Waals surface area contributed by atoms with Crippen LogP contribution in [0.25, 0.3) is 0 Å². The van der Waals surface area contributed by atoms with Crippen molar-refractivity contribution in [2.75, 3.05) is 13.1 Å². The normalized spacial score (nSPS) is 17.5. The van der Waals surface area contributed by atoms with Crippen molar-refractivity contribution in [1.82, 2.24) is 10.6 Å². The van der Waals surface area contributed by atoms with Crippen LogP contribution in [0.4, 0.5) is 4.39 Å². The summed E-state index contributed by atoms with van der Waals surface area (Å²) in [6.07, 6.45) is 1.76. The number of rotatable bonds is 3. The maximum absolute atomic E-state index is 13.1. The van der Waals surface area contributed by atoms with Gasteiger partial charge in [-0.1, -0.05) is 32.9 Å². The largest absolute Gasteiger partial charge is 0.349 e. The molecule has 1 amide bonds. The number of piperidine rings is 1. The van der Waals surface area contributed by atoms with Crippen molar-refractivity contribution in [1.29, 1.82) is 0 Å². The molecule has 0 bridgehead atoms. The minimum absolute atomic E-state index is 0. The van der Waals surface area contributed by atoms with E-state index in [-0.39, 0.29) is 41.5 Å². The molecule has 1 aliphatic rings. The molecular weight excluding hydrogens is 303 g/mol. The number of hydrogen-bond donors (Lipinski definition) is 2. The molecule has 0 aliphatic carbocycles. The molecule has 1 heterocycles. The maximum atomic E-state index is 13.1. The predicted octanol–water partition coefficient (Wildman–Crippen LogP) is 3.45. The van der Waals surface area contributed by atoms with E-state index in [2.05, 4.69) is 31.4 Å². The molecule has 5 heteroatoms. The van der Waals surface area contributed by atoms with E-state index in [1.807, 2.05) is 0 Å². The summed E-state index contributed by atoms with van der Waals surface area (Å²) in [5.41, 5.74) is 0.826. The molecule has 0 radical (unpaired) electrons. The molecule has 124 valence electrons. The quantitative estimate of drug-likeness (QED) is 0.892. The van der Waals surface area contributed by atoms with Gasteiger partial charge in [0.2, 0.25) is 5.91 Å². The number of carbonyl (C=O) groups is 1. The molecule has 0 spiro atoms. The summed E-state index contributed by atoms with van der Waals surface area (Å²) in [5.74, 6) is -0.0617. The fourth-order valence-corrected chi connectivity index (χ4v) is 2.80. The summed E-state index contributed by atoms with van der Waals surface area (Å²) in [4.78, 5) is 12.5. The lowest BCUT2D eigenvalue weighted by atomic mass is 9.81. The van der Waals surface area contributed by atoms with Crippen molar-refractivity contribution >= 4 is 18.3 Å². The Morgan fingerprint density at radius 2 is 1.77 bits per heavy atom. The Labute approximate surface area is 138 Å². The summed E-state index contributed by atoms with van der Waals surface area (Å²) >= 11 is 0. The summed E-state index contributed by atoms with van der Waals surface area (Å²) in [5, 5.41) is 6.44. The van der Waals surface area contributed by atoms with E-state index in [0.29, 0.717) is 0 Å². The average molecular weight is 329 g/mol. The van der Waals surface area contributed by atoms with E-state index < -0.39 is 0 Å². The zero-order valence-electron chi connectivity index (χ0n) is 13.5. The minimum Gasteiger partial charge on any atom is -0.349 e. The van der Waals surface area contributed by atoms with Crippen molar-refractivity contribution < 1.29 is 9.18 Å². The number of amides is 1. The fraction of sp³-hybridized carbons (Fsp3) is 0.588. The SMILES string of the molecule is CC(C)(C)C(NC(=O)C1CCNCC1)c1ccc(F)cc1.Cl. The molecule has 1 unspecified atom stereocenters. The molecule has 1 aliphatic heterocycles. The molecule has 0 saturated carbocycles. The summed E-state index contributed by atoms with van der Waals surface area (Å²) < 4.78 is 13.1. The van der Waals surface area contributed by atoms with E-state index in [1.54, 1.807) is 12.1 Å². The monoisotopic (exact) mass is 328 g/mol. The Morgan fingerprint density at radius 1 is 1.23 bits per heavy atom. The number of carbonyl (C=O) groups excluding carboxylic acids is 1. The molecule has 1 saturated heterocycles. The number of hydrogen-bond acceptors (Lipinski definition) is 2. The van der Waals surface area contributed by atoms with E-state index >= 15 is 0 Å². The molecule has 22 heavy (non-hydrogen) atoms. The first-order chi connectivity index (χ1) is 9.88. The Kier molecular flexibility index (Phi) is 6.82. The lowest BCUT2D eigenvalue weighted by Gasteiger charge is -2.34. The van der Waals surface area contributed by atoms with Crippen LogP contribution in [0.2, 0.25) is 0 Å². The highest BCUT2D eigenvalue weighted by Crippen LogP contribution is 2.33. The topological polar surface area (TPSA) is 41.1 Å². The molecule has 2 N–H and O–H groups in total. The minimum atomic E-state index is -0.254. The third-order valence-corrected chi connectivity index (χ3v) is 4.07. The third kappa shape index (κ3) is 4.96. The number of nitrogens with one attached hydrogen (secondary N) is 2. The molecule has 1 aromatic carbocycles. The van der Waals surface area contributed by atoms with Crippen molar-refractivity contribution in [3.63, 3.8) is 0 Å². The zero-order chi connectivity index (χ0) is 15.5. The Morgan fingerprint density at radius 3 is 2.27 bits per heavy atom. The van der Waals surface area contributed by atoms with Gasteiger partial charge in [-0.25, -0.2) is 4.39 Å². The maximum Gasteiger partial charge on any atom is 0.223 e. The van der Waals surface area contributed by atoms with Crippen LogP contribution in [-0.2, 0) is 4.79 Å². The molecule has 1 fully saturated rings. The van der Waals surface area contributed by atoms with Gasteiger partial charge in [0.05, 0.1) is 6.04 Å². The molecule has 0 aromatic heterocycles. The van der Waals surface area contributed by atoms with Crippen molar-refractivity contribution in [3.8, 4) is 0 Å². The lowest BCUT2D eigenvalue weighted by molar-refractivity contribution is -0.127. The van der Waals surface area contributed by atoms with Crippen LogP contribution in [0.15, 0.2) is 24.3 Å². The van der Waals surface area contributed by atoms with Crippen LogP contribution in [0.3, 0.4) is 0 Å². The Balaban J connectivity index is 0.00000242. The van der Waals surface area contributed by atoms with Gasteiger partial charge in [0.25, 0.3) is 0 Å². The predicted molar refractivity (Wildman–Crippen MR) is 89.6 cm³/mol. The highest BCUT2D eigenvalue weighted by Gasteiger charge is 2.30. The van der Waals surface area contributed by atoms with Crippen molar-refractivity contribution in [2.45, 2.75) is 39.7 Å². The van der Waals surface area contributed by atoms with Gasteiger partial charge >= 0.3 is 0 Å². The molecule has 2 rings (SSSR count). The second-order valence-electron chi connectivity index (χ2n) is 6.88. The van der Waals surface area contributed by atoms with Crippen LogP contribution >= 0.6 is 12.4 Å². The third-order valence-electron chi connectivity index (χ3n) is 4.07. The van der Waals surface area contributed by atoms with Gasteiger partial charge in [0, 0.05) is 5.92 Å².